The molecule has 0 fully saturated rings. The minimum atomic E-state index is -0.936. The number of Topliss-reactive ketones (excluding diaryl/α,β-unsaturated/α-hetero) is 1. The normalized spacial score (nSPS) is 15.8. The molecule has 0 unspecified atom stereocenters. The predicted molar refractivity (Wildman–Crippen MR) is 122 cm³/mol. The number of methoxy groups -OCH3 is 1. The molecule has 2 heterocycles. The number of hydrogen-bond acceptors (Lipinski definition) is 9. The summed E-state index contributed by atoms with van der Waals surface area (Å²) in [5, 5.41) is 15.8. The fourth-order valence-corrected chi connectivity index (χ4v) is 4.37. The van der Waals surface area contributed by atoms with Gasteiger partial charge in [-0.15, -0.1) is 0 Å². The van der Waals surface area contributed by atoms with Crippen molar-refractivity contribution in [3.05, 3.63) is 59.0 Å². The van der Waals surface area contributed by atoms with Gasteiger partial charge in [0.05, 0.1) is 35.4 Å². The summed E-state index contributed by atoms with van der Waals surface area (Å²) in [6.45, 7) is -0.0452. The first-order valence-electron chi connectivity index (χ1n) is 10.5. The number of carbonyl (C=O) groups is 3. The largest absolute Gasteiger partial charge is 0.497 e. The van der Waals surface area contributed by atoms with E-state index in [2.05, 4.69) is 15.6 Å². The second-order valence-electron chi connectivity index (χ2n) is 7.68. The molecule has 0 saturated carbocycles. The fourth-order valence-electron chi connectivity index (χ4n) is 3.44. The van der Waals surface area contributed by atoms with E-state index in [-0.39, 0.29) is 42.8 Å². The van der Waals surface area contributed by atoms with Gasteiger partial charge in [-0.2, -0.15) is 0 Å². The van der Waals surface area contributed by atoms with Crippen molar-refractivity contribution in [1.29, 1.82) is 0 Å². The maximum Gasteiger partial charge on any atom is 0.260 e. The number of aromatic nitrogens is 1. The van der Waals surface area contributed by atoms with Gasteiger partial charge in [0, 0.05) is 25.5 Å². The van der Waals surface area contributed by atoms with Crippen molar-refractivity contribution in [2.24, 2.45) is 5.92 Å². The molecule has 34 heavy (non-hydrogen) atoms. The number of thiazole rings is 1. The molecule has 0 aliphatic heterocycles. The molecule has 0 radical (unpaired) electrons. The Morgan fingerprint density at radius 2 is 2.12 bits per heavy atom. The van der Waals surface area contributed by atoms with Gasteiger partial charge in [-0.1, -0.05) is 17.4 Å². The van der Waals surface area contributed by atoms with E-state index in [1.165, 1.54) is 18.6 Å². The van der Waals surface area contributed by atoms with Crippen molar-refractivity contribution in [2.75, 3.05) is 25.6 Å². The third-order valence-electron chi connectivity index (χ3n) is 5.19. The van der Waals surface area contributed by atoms with E-state index < -0.39 is 17.9 Å². The minimum Gasteiger partial charge on any atom is -0.497 e. The van der Waals surface area contributed by atoms with E-state index in [1.807, 2.05) is 0 Å². The van der Waals surface area contributed by atoms with E-state index in [4.69, 9.17) is 13.9 Å². The van der Waals surface area contributed by atoms with Crippen LogP contribution in [0.1, 0.15) is 32.1 Å². The average molecular weight is 486 g/mol. The van der Waals surface area contributed by atoms with Crippen LogP contribution in [0.15, 0.2) is 47.3 Å². The number of ether oxygens (including phenoxy) is 2. The molecule has 1 aliphatic rings. The SMILES string of the molecule is COc1cccc(OC[C@@H](O)CNC(=O)[C@@H]2CC(=O)c3sc(NC(=O)c4ccoc4)nc3C2)c1. The van der Waals surface area contributed by atoms with Gasteiger partial charge in [-0.25, -0.2) is 4.98 Å². The lowest BCUT2D eigenvalue weighted by molar-refractivity contribution is -0.125. The van der Waals surface area contributed by atoms with E-state index in [0.29, 0.717) is 27.6 Å². The number of aliphatic hydroxyl groups excluding tert-OH is 1. The summed E-state index contributed by atoms with van der Waals surface area (Å²) in [7, 11) is 1.55. The number of benzene rings is 1. The highest BCUT2D eigenvalue weighted by atomic mass is 32.1. The van der Waals surface area contributed by atoms with Gasteiger partial charge < -0.3 is 24.3 Å². The molecule has 3 aromatic rings. The van der Waals surface area contributed by atoms with Gasteiger partial charge in [-0.05, 0) is 18.2 Å². The number of furan rings is 1. The topological polar surface area (TPSA) is 140 Å². The number of carbonyl (C=O) groups excluding carboxylic acids is 3. The number of anilines is 1. The molecular formula is C23H23N3O7S. The molecule has 0 saturated heterocycles. The lowest BCUT2D eigenvalue weighted by atomic mass is 9.89. The van der Waals surface area contributed by atoms with Crippen molar-refractivity contribution in [1.82, 2.24) is 10.3 Å². The monoisotopic (exact) mass is 485 g/mol. The van der Waals surface area contributed by atoms with Crippen molar-refractivity contribution in [3.63, 3.8) is 0 Å². The maximum absolute atomic E-state index is 12.6. The zero-order valence-electron chi connectivity index (χ0n) is 18.3. The number of aliphatic hydroxyl groups is 1. The number of rotatable bonds is 9. The number of hydrogen-bond donors (Lipinski definition) is 3. The summed E-state index contributed by atoms with van der Waals surface area (Å²) < 4.78 is 15.5. The first kappa shape index (κ1) is 23.5. The van der Waals surface area contributed by atoms with Crippen molar-refractivity contribution in [2.45, 2.75) is 18.9 Å². The Morgan fingerprint density at radius 1 is 1.29 bits per heavy atom. The number of nitrogens with zero attached hydrogens (tertiary/aromatic N) is 1. The molecule has 3 N–H and O–H groups in total. The average Bonchev–Trinajstić information content (AvgIpc) is 3.51. The zero-order chi connectivity index (χ0) is 24.1. The molecule has 0 bridgehead atoms. The summed E-state index contributed by atoms with van der Waals surface area (Å²) in [5.41, 5.74) is 0.816. The zero-order valence-corrected chi connectivity index (χ0v) is 19.1. The van der Waals surface area contributed by atoms with Gasteiger partial charge in [-0.3, -0.25) is 19.7 Å². The molecule has 11 heteroatoms. The van der Waals surface area contributed by atoms with E-state index in [0.717, 1.165) is 11.3 Å². The van der Waals surface area contributed by atoms with Crippen LogP contribution in [-0.2, 0) is 11.2 Å². The predicted octanol–water partition coefficient (Wildman–Crippen LogP) is 2.30. The van der Waals surface area contributed by atoms with E-state index in [1.54, 1.807) is 31.4 Å². The van der Waals surface area contributed by atoms with Crippen molar-refractivity contribution in [3.8, 4) is 11.5 Å². The van der Waals surface area contributed by atoms with Crippen LogP contribution in [0.5, 0.6) is 11.5 Å². The lowest BCUT2D eigenvalue weighted by Crippen LogP contribution is -2.40. The number of fused-ring (bicyclic) bond motifs is 1. The summed E-state index contributed by atoms with van der Waals surface area (Å²) >= 11 is 1.09. The summed E-state index contributed by atoms with van der Waals surface area (Å²) in [4.78, 5) is 42.1. The van der Waals surface area contributed by atoms with E-state index >= 15 is 0 Å². The molecule has 2 aromatic heterocycles. The Labute approximate surface area is 198 Å². The van der Waals surface area contributed by atoms with Gasteiger partial charge in [0.2, 0.25) is 5.91 Å². The second kappa shape index (κ2) is 10.5. The number of ketones is 1. The molecule has 0 spiro atoms. The standard InChI is InChI=1S/C23H23N3O7S/c1-31-16-3-2-4-17(9-16)33-12-15(27)10-24-21(29)14-7-18-20(19(28)8-14)34-23(25-18)26-22(30)13-5-6-32-11-13/h2-6,9,11,14-15,27H,7-8,10,12H2,1H3,(H,24,29)(H,25,26,30)/t14-,15-/m0/s1. The van der Waals surface area contributed by atoms with Gasteiger partial charge in [0.25, 0.3) is 5.91 Å². The van der Waals surface area contributed by atoms with Gasteiger partial charge in [0.1, 0.15) is 30.5 Å². The molecular weight excluding hydrogens is 462 g/mol. The third kappa shape index (κ3) is 5.61. The van der Waals surface area contributed by atoms with Crippen LogP contribution >= 0.6 is 11.3 Å². The molecule has 2 atom stereocenters. The first-order chi connectivity index (χ1) is 16.4. The highest BCUT2D eigenvalue weighted by molar-refractivity contribution is 7.17. The number of amides is 2. The van der Waals surface area contributed by atoms with Gasteiger partial charge >= 0.3 is 0 Å². The van der Waals surface area contributed by atoms with Gasteiger partial charge in [0.15, 0.2) is 10.9 Å². The third-order valence-corrected chi connectivity index (χ3v) is 6.25. The van der Waals surface area contributed by atoms with E-state index in [9.17, 15) is 19.5 Å². The Morgan fingerprint density at radius 3 is 2.88 bits per heavy atom. The quantitative estimate of drug-likeness (QED) is 0.419. The summed E-state index contributed by atoms with van der Waals surface area (Å²) in [6, 6.07) is 8.49. The van der Waals surface area contributed by atoms with Crippen LogP contribution < -0.4 is 20.1 Å². The van der Waals surface area contributed by atoms with Crippen LogP contribution in [0.4, 0.5) is 5.13 Å². The van der Waals surface area contributed by atoms with Crippen LogP contribution in [0, 0.1) is 5.92 Å². The Kier molecular flexibility index (Phi) is 7.24. The van der Waals surface area contributed by atoms with Crippen molar-refractivity contribution >= 4 is 34.1 Å². The first-order valence-corrected chi connectivity index (χ1v) is 11.3. The summed E-state index contributed by atoms with van der Waals surface area (Å²) in [5.74, 6) is -0.388. The highest BCUT2D eigenvalue weighted by Crippen LogP contribution is 2.32. The molecule has 2 amide bonds. The molecule has 10 nitrogen and oxygen atoms in total. The molecule has 1 aliphatic carbocycles. The lowest BCUT2D eigenvalue weighted by Gasteiger charge is -2.20. The Hall–Kier alpha value is -3.70. The van der Waals surface area contributed by atoms with Crippen LogP contribution in [-0.4, -0.2) is 54.1 Å². The Bertz CT molecular complexity index is 1180. The molecule has 1 aromatic carbocycles. The Balaban J connectivity index is 1.28. The van der Waals surface area contributed by atoms with Crippen LogP contribution in [0.3, 0.4) is 0 Å². The van der Waals surface area contributed by atoms with Crippen LogP contribution in [0.25, 0.3) is 0 Å². The smallest absolute Gasteiger partial charge is 0.260 e. The fraction of sp³-hybridized carbons (Fsp3) is 0.304. The molecule has 178 valence electrons. The maximum atomic E-state index is 12.6. The number of nitrogens with one attached hydrogen (secondary N) is 2. The van der Waals surface area contributed by atoms with Crippen molar-refractivity contribution < 1.29 is 33.4 Å². The molecule has 4 rings (SSSR count). The second-order valence-corrected chi connectivity index (χ2v) is 8.68. The van der Waals surface area contributed by atoms with Crippen LogP contribution in [0.2, 0.25) is 0 Å². The summed E-state index contributed by atoms with van der Waals surface area (Å²) in [6.07, 6.45) is 2.06. The minimum absolute atomic E-state index is 0.0208. The highest BCUT2D eigenvalue weighted by Gasteiger charge is 2.33.